The number of hydrogen-bond donors (Lipinski definition) is 2. The number of amidine groups is 1. The Kier molecular flexibility index (Phi) is 4.96. The predicted octanol–water partition coefficient (Wildman–Crippen LogP) is 3.74. The van der Waals surface area contributed by atoms with Gasteiger partial charge in [0.2, 0.25) is 0 Å². The van der Waals surface area contributed by atoms with E-state index in [9.17, 15) is 0 Å². The number of nitrogen functional groups attached to an aromatic ring is 1. The first-order valence-corrected chi connectivity index (χ1v) is 7.98. The van der Waals surface area contributed by atoms with Crippen LogP contribution in [0.2, 0.25) is 0 Å². The highest BCUT2D eigenvalue weighted by molar-refractivity contribution is 9.11. The van der Waals surface area contributed by atoms with Crippen molar-refractivity contribution in [2.45, 2.75) is 20.0 Å². The van der Waals surface area contributed by atoms with Crippen molar-refractivity contribution in [1.29, 1.82) is 5.41 Å². The molecule has 0 aliphatic carbocycles. The molecular formula is C15H18BrN3S. The summed E-state index contributed by atoms with van der Waals surface area (Å²) in [6.07, 6.45) is 0. The summed E-state index contributed by atoms with van der Waals surface area (Å²) in [4.78, 5) is 2.28. The van der Waals surface area contributed by atoms with Gasteiger partial charge in [0, 0.05) is 18.7 Å². The van der Waals surface area contributed by atoms with Crippen molar-refractivity contribution in [2.75, 3.05) is 7.05 Å². The van der Waals surface area contributed by atoms with Gasteiger partial charge in [-0.05, 0) is 64.1 Å². The minimum atomic E-state index is 0.121. The fourth-order valence-electron chi connectivity index (χ4n) is 2.13. The van der Waals surface area contributed by atoms with Crippen molar-refractivity contribution in [2.24, 2.45) is 5.73 Å². The first kappa shape index (κ1) is 15.2. The normalized spacial score (nSPS) is 11.0. The first-order valence-electron chi connectivity index (χ1n) is 6.31. The summed E-state index contributed by atoms with van der Waals surface area (Å²) in [7, 11) is 2.11. The van der Waals surface area contributed by atoms with Crippen LogP contribution in [0.15, 0.2) is 33.4 Å². The number of nitrogens with one attached hydrogen (secondary N) is 1. The molecule has 0 atom stereocenters. The van der Waals surface area contributed by atoms with E-state index in [4.69, 9.17) is 11.1 Å². The summed E-state index contributed by atoms with van der Waals surface area (Å²) >= 11 is 5.20. The fraction of sp³-hybridized carbons (Fsp3) is 0.267. The molecule has 0 amide bonds. The van der Waals surface area contributed by atoms with Crippen LogP contribution in [-0.4, -0.2) is 17.8 Å². The maximum absolute atomic E-state index is 7.46. The third kappa shape index (κ3) is 3.91. The zero-order valence-electron chi connectivity index (χ0n) is 11.6. The molecular weight excluding hydrogens is 334 g/mol. The van der Waals surface area contributed by atoms with E-state index in [2.05, 4.69) is 52.3 Å². The number of thiophene rings is 1. The number of nitrogens with two attached hydrogens (primary N) is 1. The van der Waals surface area contributed by atoms with Gasteiger partial charge in [0.15, 0.2) is 0 Å². The highest BCUT2D eigenvalue weighted by Gasteiger charge is 2.07. The molecule has 0 saturated carbocycles. The van der Waals surface area contributed by atoms with Crippen LogP contribution in [0.3, 0.4) is 0 Å². The Bertz CT molecular complexity index is 621. The number of hydrogen-bond acceptors (Lipinski definition) is 3. The average molecular weight is 352 g/mol. The molecule has 20 heavy (non-hydrogen) atoms. The summed E-state index contributed by atoms with van der Waals surface area (Å²) < 4.78 is 1.17. The molecule has 0 bridgehead atoms. The Morgan fingerprint density at radius 3 is 2.65 bits per heavy atom. The molecule has 1 aromatic carbocycles. The van der Waals surface area contributed by atoms with E-state index in [1.807, 2.05) is 12.1 Å². The summed E-state index contributed by atoms with van der Waals surface area (Å²) in [5.41, 5.74) is 10.1. The van der Waals surface area contributed by atoms with Gasteiger partial charge in [-0.3, -0.25) is 10.3 Å². The maximum atomic E-state index is 7.46. The van der Waals surface area contributed by atoms with E-state index in [0.29, 0.717) is 0 Å². The van der Waals surface area contributed by atoms with E-state index in [-0.39, 0.29) is 5.84 Å². The van der Waals surface area contributed by atoms with Gasteiger partial charge >= 0.3 is 0 Å². The molecule has 0 saturated heterocycles. The molecule has 1 aromatic heterocycles. The smallest absolute Gasteiger partial charge is 0.122 e. The number of halogens is 1. The fourth-order valence-corrected chi connectivity index (χ4v) is 3.33. The molecule has 0 fully saturated rings. The van der Waals surface area contributed by atoms with E-state index >= 15 is 0 Å². The Labute approximate surface area is 132 Å². The highest BCUT2D eigenvalue weighted by Crippen LogP contribution is 2.22. The summed E-state index contributed by atoms with van der Waals surface area (Å²) in [6, 6.07) is 8.12. The largest absolute Gasteiger partial charge is 0.384 e. The molecule has 0 radical (unpaired) electrons. The molecule has 2 aromatic rings. The predicted molar refractivity (Wildman–Crippen MR) is 89.4 cm³/mol. The standard InChI is InChI=1S/C15H18BrN3S/c1-10-5-12(15(17)18)3-4-13(10)8-19(2)7-11-6-14(16)20-9-11/h3-6,9H,7-8H2,1-2H3,(H3,17,18). The second-order valence-electron chi connectivity index (χ2n) is 4.99. The lowest BCUT2D eigenvalue weighted by atomic mass is 10.0. The van der Waals surface area contributed by atoms with Crippen molar-refractivity contribution >= 4 is 33.1 Å². The molecule has 2 rings (SSSR count). The second-order valence-corrected chi connectivity index (χ2v) is 7.28. The van der Waals surface area contributed by atoms with E-state index in [0.717, 1.165) is 18.7 Å². The van der Waals surface area contributed by atoms with Crippen LogP contribution in [0.4, 0.5) is 0 Å². The number of nitrogens with zero attached hydrogens (tertiary/aromatic N) is 1. The lowest BCUT2D eigenvalue weighted by Crippen LogP contribution is -2.18. The number of benzene rings is 1. The van der Waals surface area contributed by atoms with Crippen molar-refractivity contribution in [3.63, 3.8) is 0 Å². The van der Waals surface area contributed by atoms with Gasteiger partial charge in [0.25, 0.3) is 0 Å². The minimum absolute atomic E-state index is 0.121. The third-order valence-electron chi connectivity index (χ3n) is 3.17. The van der Waals surface area contributed by atoms with Crippen molar-refractivity contribution in [1.82, 2.24) is 4.90 Å². The Morgan fingerprint density at radius 1 is 1.35 bits per heavy atom. The molecule has 5 heteroatoms. The minimum Gasteiger partial charge on any atom is -0.384 e. The monoisotopic (exact) mass is 351 g/mol. The average Bonchev–Trinajstić information content (AvgIpc) is 2.77. The van der Waals surface area contributed by atoms with Crippen LogP contribution in [0.25, 0.3) is 0 Å². The van der Waals surface area contributed by atoms with Crippen molar-refractivity contribution < 1.29 is 0 Å². The van der Waals surface area contributed by atoms with Crippen molar-refractivity contribution in [3.8, 4) is 0 Å². The van der Waals surface area contributed by atoms with Crippen LogP contribution in [0.1, 0.15) is 22.3 Å². The first-order chi connectivity index (χ1) is 9.45. The van der Waals surface area contributed by atoms with Crippen LogP contribution in [0, 0.1) is 12.3 Å². The quantitative estimate of drug-likeness (QED) is 0.636. The third-order valence-corrected chi connectivity index (χ3v) is 4.72. The van der Waals surface area contributed by atoms with Crippen molar-refractivity contribution in [3.05, 3.63) is 55.7 Å². The van der Waals surface area contributed by atoms with E-state index in [1.165, 1.54) is 20.5 Å². The molecule has 106 valence electrons. The zero-order valence-corrected chi connectivity index (χ0v) is 14.0. The molecule has 0 unspecified atom stereocenters. The van der Waals surface area contributed by atoms with Gasteiger partial charge < -0.3 is 5.73 Å². The van der Waals surface area contributed by atoms with Crippen LogP contribution < -0.4 is 5.73 Å². The Hall–Kier alpha value is -1.17. The SMILES string of the molecule is Cc1cc(C(=N)N)ccc1CN(C)Cc1csc(Br)c1. The molecule has 0 aliphatic heterocycles. The molecule has 0 aliphatic rings. The summed E-state index contributed by atoms with van der Waals surface area (Å²) in [6.45, 7) is 3.88. The second kappa shape index (κ2) is 6.52. The van der Waals surface area contributed by atoms with E-state index < -0.39 is 0 Å². The number of rotatable bonds is 5. The van der Waals surface area contributed by atoms with Gasteiger partial charge in [-0.15, -0.1) is 11.3 Å². The number of aryl methyl sites for hydroxylation is 1. The van der Waals surface area contributed by atoms with Gasteiger partial charge in [-0.2, -0.15) is 0 Å². The highest BCUT2D eigenvalue weighted by atomic mass is 79.9. The van der Waals surface area contributed by atoms with Gasteiger partial charge in [-0.1, -0.05) is 12.1 Å². The zero-order chi connectivity index (χ0) is 14.7. The molecule has 3 nitrogen and oxygen atoms in total. The van der Waals surface area contributed by atoms with E-state index in [1.54, 1.807) is 11.3 Å². The van der Waals surface area contributed by atoms with Gasteiger partial charge in [0.05, 0.1) is 3.79 Å². The maximum Gasteiger partial charge on any atom is 0.122 e. The lowest BCUT2D eigenvalue weighted by Gasteiger charge is -2.18. The summed E-state index contributed by atoms with van der Waals surface area (Å²) in [5, 5.41) is 9.63. The van der Waals surface area contributed by atoms with Crippen LogP contribution >= 0.6 is 27.3 Å². The van der Waals surface area contributed by atoms with Crippen LogP contribution in [0.5, 0.6) is 0 Å². The Balaban J connectivity index is 2.04. The van der Waals surface area contributed by atoms with Crippen LogP contribution in [-0.2, 0) is 13.1 Å². The topological polar surface area (TPSA) is 53.1 Å². The molecule has 3 N–H and O–H groups in total. The summed E-state index contributed by atoms with van der Waals surface area (Å²) in [5.74, 6) is 0.121. The van der Waals surface area contributed by atoms with Gasteiger partial charge in [0.1, 0.15) is 5.84 Å². The molecule has 1 heterocycles. The lowest BCUT2D eigenvalue weighted by molar-refractivity contribution is 0.319. The van der Waals surface area contributed by atoms with Gasteiger partial charge in [-0.25, -0.2) is 0 Å². The Morgan fingerprint density at radius 2 is 2.10 bits per heavy atom. The molecule has 0 spiro atoms.